The third kappa shape index (κ3) is 3.22. The zero-order valence-electron chi connectivity index (χ0n) is 7.25. The summed E-state index contributed by atoms with van der Waals surface area (Å²) in [6.45, 7) is 3.46. The van der Waals surface area contributed by atoms with E-state index in [1.54, 1.807) is 0 Å². The molecule has 0 rings (SSSR count). The lowest BCUT2D eigenvalue weighted by molar-refractivity contribution is -0.122. The van der Waals surface area contributed by atoms with Crippen LogP contribution in [0.1, 0.15) is 12.8 Å². The molecular weight excluding hydrogens is 172 g/mol. The molecule has 0 aliphatic heterocycles. The van der Waals surface area contributed by atoms with E-state index in [4.69, 9.17) is 22.9 Å². The first-order chi connectivity index (χ1) is 5.78. The highest BCUT2D eigenvalue weighted by atomic mass is 16.2. The van der Waals surface area contributed by atoms with E-state index in [0.717, 1.165) is 0 Å². The Morgan fingerprint density at radius 3 is 1.92 bits per heavy atom. The maximum absolute atomic E-state index is 10.7. The second kappa shape index (κ2) is 4.01. The molecule has 0 atom stereocenters. The molecule has 6 heteroatoms. The first-order valence-corrected chi connectivity index (χ1v) is 3.62. The molecule has 0 bridgehead atoms. The van der Waals surface area contributed by atoms with Gasteiger partial charge in [-0.15, -0.1) is 0 Å². The van der Waals surface area contributed by atoms with Crippen LogP contribution in [0.5, 0.6) is 0 Å². The molecule has 0 aromatic rings. The lowest BCUT2D eigenvalue weighted by atomic mass is 9.98. The van der Waals surface area contributed by atoms with Gasteiger partial charge >= 0.3 is 0 Å². The summed E-state index contributed by atoms with van der Waals surface area (Å²) in [4.78, 5) is 21.1. The van der Waals surface area contributed by atoms with Gasteiger partial charge in [-0.05, 0) is 12.0 Å². The molecule has 0 unspecified atom stereocenters. The van der Waals surface area contributed by atoms with Crippen LogP contribution in [0, 0.1) is 0 Å². The Hall–Kier alpha value is -1.40. The Morgan fingerprint density at radius 1 is 1.15 bits per heavy atom. The zero-order chi connectivity index (χ0) is 10.6. The van der Waals surface area contributed by atoms with Crippen LogP contribution in [-0.4, -0.2) is 17.5 Å². The average Bonchev–Trinajstić information content (AvgIpc) is 1.99. The zero-order valence-corrected chi connectivity index (χ0v) is 7.25. The van der Waals surface area contributed by atoms with Gasteiger partial charge in [0.15, 0.2) is 5.66 Å². The number of nitrogens with two attached hydrogens (primary N) is 4. The van der Waals surface area contributed by atoms with Gasteiger partial charge in [-0.1, -0.05) is 6.58 Å². The molecule has 0 aromatic heterocycles. The van der Waals surface area contributed by atoms with Crippen molar-refractivity contribution in [3.8, 4) is 0 Å². The van der Waals surface area contributed by atoms with Crippen molar-refractivity contribution in [3.05, 3.63) is 12.2 Å². The minimum atomic E-state index is -1.77. The van der Waals surface area contributed by atoms with Crippen molar-refractivity contribution in [2.24, 2.45) is 22.9 Å². The minimum absolute atomic E-state index is 0.0439. The largest absolute Gasteiger partial charge is 0.370 e. The molecule has 0 saturated carbocycles. The van der Waals surface area contributed by atoms with Crippen molar-refractivity contribution >= 4 is 11.8 Å². The summed E-state index contributed by atoms with van der Waals surface area (Å²) < 4.78 is 0. The van der Waals surface area contributed by atoms with Crippen molar-refractivity contribution in [2.45, 2.75) is 18.5 Å². The van der Waals surface area contributed by atoms with Crippen molar-refractivity contribution in [1.29, 1.82) is 0 Å². The Labute approximate surface area is 75.9 Å². The summed E-state index contributed by atoms with van der Waals surface area (Å²) in [5, 5.41) is 0. The second-order valence-electron chi connectivity index (χ2n) is 2.80. The van der Waals surface area contributed by atoms with Gasteiger partial charge in [-0.2, -0.15) is 0 Å². The number of amides is 2. The smallest absolute Gasteiger partial charge is 0.256 e. The van der Waals surface area contributed by atoms with Gasteiger partial charge < -0.3 is 22.9 Å². The van der Waals surface area contributed by atoms with E-state index in [2.05, 4.69) is 6.58 Å². The molecule has 0 radical (unpaired) electrons. The van der Waals surface area contributed by atoms with E-state index < -0.39 is 17.5 Å². The molecule has 0 aliphatic carbocycles. The summed E-state index contributed by atoms with van der Waals surface area (Å²) in [6.07, 6.45) is 0.202. The summed E-state index contributed by atoms with van der Waals surface area (Å²) in [6, 6.07) is 0. The molecule has 13 heavy (non-hydrogen) atoms. The van der Waals surface area contributed by atoms with Crippen LogP contribution >= 0.6 is 0 Å². The lowest BCUT2D eigenvalue weighted by Gasteiger charge is -2.22. The number of primary amides is 2. The molecule has 0 saturated heterocycles. The summed E-state index contributed by atoms with van der Waals surface area (Å²) in [5.74, 6) is -1.40. The molecule has 0 aromatic carbocycles. The van der Waals surface area contributed by atoms with E-state index in [1.165, 1.54) is 0 Å². The molecule has 2 amide bonds. The number of hydrogen-bond acceptors (Lipinski definition) is 4. The maximum Gasteiger partial charge on any atom is 0.256 e. The molecule has 0 fully saturated rings. The van der Waals surface area contributed by atoms with E-state index >= 15 is 0 Å². The standard InChI is InChI=1S/C7H14N4O2/c1-4(2-3-5(8)12)7(10,11)6(9)13/h1-3,10-11H2,(H2,8,12)(H2,9,13). The highest BCUT2D eigenvalue weighted by Crippen LogP contribution is 2.11. The monoisotopic (exact) mass is 186 g/mol. The van der Waals surface area contributed by atoms with Crippen molar-refractivity contribution < 1.29 is 9.59 Å². The Balaban J connectivity index is 4.26. The van der Waals surface area contributed by atoms with Gasteiger partial charge in [0.2, 0.25) is 5.91 Å². The van der Waals surface area contributed by atoms with Crippen molar-refractivity contribution in [3.63, 3.8) is 0 Å². The quantitative estimate of drug-likeness (QED) is 0.288. The van der Waals surface area contributed by atoms with Crippen LogP contribution in [0.15, 0.2) is 12.2 Å². The van der Waals surface area contributed by atoms with Gasteiger partial charge in [-0.3, -0.25) is 9.59 Å². The third-order valence-corrected chi connectivity index (χ3v) is 1.67. The third-order valence-electron chi connectivity index (χ3n) is 1.67. The lowest BCUT2D eigenvalue weighted by Crippen LogP contribution is -2.60. The fourth-order valence-corrected chi connectivity index (χ4v) is 0.655. The highest BCUT2D eigenvalue weighted by Gasteiger charge is 2.29. The van der Waals surface area contributed by atoms with Crippen LogP contribution in [-0.2, 0) is 9.59 Å². The van der Waals surface area contributed by atoms with E-state index in [0.29, 0.717) is 0 Å². The topological polar surface area (TPSA) is 138 Å². The fraction of sp³-hybridized carbons (Fsp3) is 0.429. The van der Waals surface area contributed by atoms with Crippen LogP contribution in [0.4, 0.5) is 0 Å². The SMILES string of the molecule is C=C(CCC(N)=O)C(N)(N)C(N)=O. The molecule has 74 valence electrons. The van der Waals surface area contributed by atoms with Crippen LogP contribution in [0.25, 0.3) is 0 Å². The number of carbonyl (C=O) groups excluding carboxylic acids is 2. The number of rotatable bonds is 5. The Bertz CT molecular complexity index is 247. The Morgan fingerprint density at radius 2 is 1.62 bits per heavy atom. The molecule has 0 spiro atoms. The van der Waals surface area contributed by atoms with Crippen LogP contribution in [0.2, 0.25) is 0 Å². The van der Waals surface area contributed by atoms with Gasteiger partial charge in [0.05, 0.1) is 0 Å². The van der Waals surface area contributed by atoms with Crippen LogP contribution in [0.3, 0.4) is 0 Å². The summed E-state index contributed by atoms with van der Waals surface area (Å²) in [7, 11) is 0. The maximum atomic E-state index is 10.7. The first-order valence-electron chi connectivity index (χ1n) is 3.62. The summed E-state index contributed by atoms with van der Waals surface area (Å²) >= 11 is 0. The fourth-order valence-electron chi connectivity index (χ4n) is 0.655. The van der Waals surface area contributed by atoms with Gasteiger partial charge in [-0.25, -0.2) is 0 Å². The van der Waals surface area contributed by atoms with Crippen molar-refractivity contribution in [1.82, 2.24) is 0 Å². The summed E-state index contributed by atoms with van der Waals surface area (Å²) in [5.41, 5.74) is 18.9. The average molecular weight is 186 g/mol. The number of carbonyl (C=O) groups is 2. The normalized spacial score (nSPS) is 10.9. The minimum Gasteiger partial charge on any atom is -0.370 e. The Kier molecular flexibility index (Phi) is 3.58. The van der Waals surface area contributed by atoms with E-state index in [1.807, 2.05) is 0 Å². The van der Waals surface area contributed by atoms with Gasteiger partial charge in [0, 0.05) is 6.42 Å². The molecule has 6 nitrogen and oxygen atoms in total. The second-order valence-corrected chi connectivity index (χ2v) is 2.80. The van der Waals surface area contributed by atoms with Gasteiger partial charge in [0.1, 0.15) is 0 Å². The molecular formula is C7H14N4O2. The molecule has 0 aliphatic rings. The predicted molar refractivity (Wildman–Crippen MR) is 47.9 cm³/mol. The van der Waals surface area contributed by atoms with E-state index in [-0.39, 0.29) is 18.4 Å². The van der Waals surface area contributed by atoms with Crippen LogP contribution < -0.4 is 22.9 Å². The molecule has 8 N–H and O–H groups in total. The molecule has 0 heterocycles. The van der Waals surface area contributed by atoms with Crippen molar-refractivity contribution in [2.75, 3.05) is 0 Å². The predicted octanol–water partition coefficient (Wildman–Crippen LogP) is -2.09. The number of hydrogen-bond donors (Lipinski definition) is 4. The first kappa shape index (κ1) is 11.6. The van der Waals surface area contributed by atoms with E-state index in [9.17, 15) is 9.59 Å². The highest BCUT2D eigenvalue weighted by molar-refractivity contribution is 5.87. The van der Waals surface area contributed by atoms with Gasteiger partial charge in [0.25, 0.3) is 5.91 Å².